The highest BCUT2D eigenvalue weighted by Gasteiger charge is 2.34. The fourth-order valence-electron chi connectivity index (χ4n) is 3.16. The van der Waals surface area contributed by atoms with E-state index >= 15 is 0 Å². The number of nitrogens with one attached hydrogen (secondary N) is 2. The molecule has 1 fully saturated rings. The summed E-state index contributed by atoms with van der Waals surface area (Å²) < 4.78 is 44.4. The van der Waals surface area contributed by atoms with E-state index in [4.69, 9.17) is 4.52 Å². The van der Waals surface area contributed by atoms with Gasteiger partial charge in [-0.05, 0) is 37.4 Å². The molecule has 2 unspecified atom stereocenters. The van der Waals surface area contributed by atoms with Gasteiger partial charge in [0.05, 0.1) is 5.56 Å². The van der Waals surface area contributed by atoms with Crippen molar-refractivity contribution in [2.75, 3.05) is 6.54 Å². The topological polar surface area (TPSA) is 58.0 Å². The summed E-state index contributed by atoms with van der Waals surface area (Å²) in [5.74, 6) is 0.615. The van der Waals surface area contributed by atoms with Crippen LogP contribution in [-0.4, -0.2) is 17.7 Å². The van der Waals surface area contributed by atoms with E-state index < -0.39 is 11.7 Å². The minimum atomic E-state index is -4.35. The third-order valence-corrected chi connectivity index (χ3v) is 4.23. The van der Waals surface area contributed by atoms with E-state index in [-0.39, 0.29) is 23.1 Å². The summed E-state index contributed by atoms with van der Waals surface area (Å²) in [4.78, 5) is 11.2. The molecule has 2 heterocycles. The fourth-order valence-corrected chi connectivity index (χ4v) is 3.16. The summed E-state index contributed by atoms with van der Waals surface area (Å²) in [6, 6.07) is 6.98. The largest absolute Gasteiger partial charge is 0.416 e. The van der Waals surface area contributed by atoms with E-state index in [0.29, 0.717) is 25.1 Å². The molecule has 1 aliphatic rings. The number of rotatable bonds is 3. The molecule has 2 aromatic rings. The second-order valence-corrected chi connectivity index (χ2v) is 5.85. The molecular weight excluding hydrogens is 309 g/mol. The zero-order valence-electron chi connectivity index (χ0n) is 12.3. The maximum atomic E-state index is 13.1. The van der Waals surface area contributed by atoms with Gasteiger partial charge in [0.1, 0.15) is 5.76 Å². The second kappa shape index (κ2) is 6.23. The van der Waals surface area contributed by atoms with Crippen molar-refractivity contribution < 1.29 is 17.7 Å². The molecule has 1 aliphatic heterocycles. The highest BCUT2D eigenvalue weighted by atomic mass is 19.4. The van der Waals surface area contributed by atoms with Crippen LogP contribution in [0, 0.1) is 0 Å². The Morgan fingerprint density at radius 3 is 2.74 bits per heavy atom. The molecule has 3 rings (SSSR count). The van der Waals surface area contributed by atoms with E-state index in [9.17, 15) is 18.0 Å². The van der Waals surface area contributed by atoms with Gasteiger partial charge >= 0.3 is 6.18 Å². The smallest absolute Gasteiger partial charge is 0.383 e. The third-order valence-electron chi connectivity index (χ3n) is 4.23. The molecule has 23 heavy (non-hydrogen) atoms. The number of hydrogen-bond donors (Lipinski definition) is 2. The number of hydrogen-bond acceptors (Lipinski definition) is 3. The molecule has 0 aliphatic carbocycles. The quantitative estimate of drug-likeness (QED) is 0.911. The zero-order valence-corrected chi connectivity index (χ0v) is 12.3. The number of aromatic nitrogens is 1. The highest BCUT2D eigenvalue weighted by Crippen LogP contribution is 2.34. The Balaban J connectivity index is 1.75. The number of aromatic amines is 1. The Bertz CT molecular complexity index is 720. The van der Waals surface area contributed by atoms with Crippen LogP contribution in [-0.2, 0) is 12.6 Å². The van der Waals surface area contributed by atoms with E-state index in [1.54, 1.807) is 6.07 Å². The van der Waals surface area contributed by atoms with Crippen molar-refractivity contribution in [2.24, 2.45) is 0 Å². The Labute approximate surface area is 130 Å². The van der Waals surface area contributed by atoms with Gasteiger partial charge in [0.2, 0.25) is 0 Å². The van der Waals surface area contributed by atoms with E-state index in [1.807, 2.05) is 0 Å². The summed E-state index contributed by atoms with van der Waals surface area (Å²) in [6.07, 6.45) is -2.63. The number of halogens is 3. The van der Waals surface area contributed by atoms with Gasteiger partial charge in [-0.15, -0.1) is 0 Å². The first-order valence-electron chi connectivity index (χ1n) is 7.50. The number of piperidine rings is 1. The molecule has 0 bridgehead atoms. The van der Waals surface area contributed by atoms with Crippen LogP contribution >= 0.6 is 0 Å². The Kier molecular flexibility index (Phi) is 4.30. The third kappa shape index (κ3) is 3.67. The average Bonchev–Trinajstić information content (AvgIpc) is 2.94. The fraction of sp³-hybridized carbons (Fsp3) is 0.438. The van der Waals surface area contributed by atoms with E-state index in [1.165, 1.54) is 18.2 Å². The van der Waals surface area contributed by atoms with Crippen LogP contribution in [0.2, 0.25) is 0 Å². The number of H-pyrrole nitrogens is 1. The molecule has 1 saturated heterocycles. The van der Waals surface area contributed by atoms with Crippen molar-refractivity contribution in [1.29, 1.82) is 0 Å². The van der Waals surface area contributed by atoms with E-state index in [0.717, 1.165) is 12.5 Å². The molecule has 2 atom stereocenters. The lowest BCUT2D eigenvalue weighted by Gasteiger charge is -2.29. The summed E-state index contributed by atoms with van der Waals surface area (Å²) in [7, 11) is 0. The first-order chi connectivity index (χ1) is 10.9. The van der Waals surface area contributed by atoms with Crippen molar-refractivity contribution in [2.45, 2.75) is 37.4 Å². The minimum absolute atomic E-state index is 0.0400. The molecule has 2 N–H and O–H groups in total. The van der Waals surface area contributed by atoms with Crippen molar-refractivity contribution in [3.8, 4) is 0 Å². The first kappa shape index (κ1) is 15.9. The second-order valence-electron chi connectivity index (χ2n) is 5.85. The SMILES string of the molecule is O=c1cc(C2CCNC(Cc3ccccc3C(F)(F)F)C2)o[nH]1. The highest BCUT2D eigenvalue weighted by molar-refractivity contribution is 5.30. The lowest BCUT2D eigenvalue weighted by atomic mass is 9.87. The van der Waals surface area contributed by atoms with Crippen LogP contribution < -0.4 is 10.9 Å². The van der Waals surface area contributed by atoms with Crippen LogP contribution in [0.1, 0.15) is 35.6 Å². The monoisotopic (exact) mass is 326 g/mol. The normalized spacial score (nSPS) is 22.2. The molecular formula is C16H17F3N2O2. The molecule has 1 aromatic heterocycles. The lowest BCUT2D eigenvalue weighted by molar-refractivity contribution is -0.138. The lowest BCUT2D eigenvalue weighted by Crippen LogP contribution is -2.39. The van der Waals surface area contributed by atoms with E-state index in [2.05, 4.69) is 10.5 Å². The Morgan fingerprint density at radius 2 is 2.04 bits per heavy atom. The average molecular weight is 326 g/mol. The van der Waals surface area contributed by atoms with Crippen molar-refractivity contribution in [1.82, 2.24) is 10.5 Å². The summed E-state index contributed by atoms with van der Waals surface area (Å²) >= 11 is 0. The van der Waals surface area contributed by atoms with Crippen LogP contribution in [0.3, 0.4) is 0 Å². The molecule has 124 valence electrons. The van der Waals surface area contributed by atoms with Crippen molar-refractivity contribution >= 4 is 0 Å². The zero-order chi connectivity index (χ0) is 16.4. The predicted molar refractivity (Wildman–Crippen MR) is 78.2 cm³/mol. The minimum Gasteiger partial charge on any atom is -0.383 e. The Morgan fingerprint density at radius 1 is 1.26 bits per heavy atom. The van der Waals surface area contributed by atoms with Crippen LogP contribution in [0.25, 0.3) is 0 Å². The molecule has 7 heteroatoms. The summed E-state index contributed by atoms with van der Waals surface area (Å²) in [5.41, 5.74) is -0.594. The van der Waals surface area contributed by atoms with Crippen molar-refractivity contribution in [3.63, 3.8) is 0 Å². The Hall–Kier alpha value is -2.02. The molecule has 4 nitrogen and oxygen atoms in total. The molecule has 0 saturated carbocycles. The van der Waals surface area contributed by atoms with Gasteiger partial charge in [-0.1, -0.05) is 18.2 Å². The van der Waals surface area contributed by atoms with Gasteiger partial charge in [0.25, 0.3) is 5.56 Å². The summed E-state index contributed by atoms with van der Waals surface area (Å²) in [6.45, 7) is 0.679. The molecule has 1 aromatic carbocycles. The van der Waals surface area contributed by atoms with Crippen LogP contribution in [0.15, 0.2) is 39.6 Å². The maximum absolute atomic E-state index is 13.1. The number of benzene rings is 1. The molecule has 0 radical (unpaired) electrons. The van der Waals surface area contributed by atoms with Gasteiger partial charge in [-0.2, -0.15) is 18.3 Å². The van der Waals surface area contributed by atoms with Gasteiger partial charge in [-0.25, -0.2) is 0 Å². The van der Waals surface area contributed by atoms with Gasteiger partial charge < -0.3 is 9.84 Å². The van der Waals surface area contributed by atoms with Crippen LogP contribution in [0.4, 0.5) is 13.2 Å². The number of alkyl halides is 3. The van der Waals surface area contributed by atoms with Gasteiger partial charge in [0, 0.05) is 18.0 Å². The van der Waals surface area contributed by atoms with Crippen molar-refractivity contribution in [3.05, 3.63) is 57.6 Å². The predicted octanol–water partition coefficient (Wildman–Crippen LogP) is 3.07. The van der Waals surface area contributed by atoms with Gasteiger partial charge in [0.15, 0.2) is 0 Å². The maximum Gasteiger partial charge on any atom is 0.416 e. The molecule has 0 amide bonds. The van der Waals surface area contributed by atoms with Gasteiger partial charge in [-0.3, -0.25) is 4.79 Å². The standard InChI is InChI=1S/C16H17F3N2O2/c17-16(18,19)13-4-2-1-3-10(13)7-12-8-11(5-6-20-12)14-9-15(22)21-23-14/h1-4,9,11-12,20H,5-8H2,(H,21,22). The first-order valence-corrected chi connectivity index (χ1v) is 7.50. The summed E-state index contributed by atoms with van der Waals surface area (Å²) in [5, 5.41) is 5.52. The molecule has 0 spiro atoms. The van der Waals surface area contributed by atoms with Crippen LogP contribution in [0.5, 0.6) is 0 Å².